The van der Waals surface area contributed by atoms with Crippen molar-refractivity contribution in [2.45, 2.75) is 13.0 Å². The summed E-state index contributed by atoms with van der Waals surface area (Å²) in [6, 6.07) is 3.80. The lowest BCUT2D eigenvalue weighted by atomic mass is 9.97. The predicted molar refractivity (Wildman–Crippen MR) is 127 cm³/mol. The molecule has 0 radical (unpaired) electrons. The number of anilines is 1. The second-order valence-corrected chi connectivity index (χ2v) is 7.59. The number of aromatic amines is 1. The first-order chi connectivity index (χ1) is 15.6. The molecule has 1 saturated heterocycles. The van der Waals surface area contributed by atoms with Gasteiger partial charge in [0.25, 0.3) is 11.5 Å². The Bertz CT molecular complexity index is 1230. The van der Waals surface area contributed by atoms with Crippen LogP contribution in [0.5, 0.6) is 0 Å². The Kier molecular flexibility index (Phi) is 6.23. The number of imidazole rings is 1. The fraction of sp³-hybridized carbons (Fsp3) is 0.292. The average Bonchev–Trinajstić information content (AvgIpc) is 3.31. The summed E-state index contributed by atoms with van der Waals surface area (Å²) in [5.74, 6) is -0.0822. The standard InChI is InChI=1S/C24H27N5O3/c1-4-6-7-29-14-19(17(5-2)22(25-3)24(29)31)16-12-18(21-20(13-16)26-15-27-21)23(30)28-8-10-32-11-9-28/h4-5,12-15,25H,1-2,6-11H2,3H3,(H,26,27). The van der Waals surface area contributed by atoms with Crippen molar-refractivity contribution in [3.8, 4) is 11.1 Å². The lowest BCUT2D eigenvalue weighted by molar-refractivity contribution is 0.0304. The number of hydrogen-bond acceptors (Lipinski definition) is 5. The Morgan fingerprint density at radius 1 is 1.31 bits per heavy atom. The number of fused-ring (bicyclic) bond motifs is 1. The number of amides is 1. The molecule has 166 valence electrons. The summed E-state index contributed by atoms with van der Waals surface area (Å²) >= 11 is 0. The van der Waals surface area contributed by atoms with Gasteiger partial charge in [0, 0.05) is 44.0 Å². The fourth-order valence-electron chi connectivity index (χ4n) is 4.06. The first kappa shape index (κ1) is 21.6. The van der Waals surface area contributed by atoms with Crippen molar-refractivity contribution in [1.82, 2.24) is 19.4 Å². The molecule has 0 saturated carbocycles. The molecule has 1 aliphatic rings. The van der Waals surface area contributed by atoms with E-state index in [9.17, 15) is 9.59 Å². The summed E-state index contributed by atoms with van der Waals surface area (Å²) < 4.78 is 7.05. The van der Waals surface area contributed by atoms with E-state index < -0.39 is 0 Å². The van der Waals surface area contributed by atoms with Gasteiger partial charge in [-0.05, 0) is 24.1 Å². The molecule has 0 spiro atoms. The highest BCUT2D eigenvalue weighted by atomic mass is 16.5. The Hall–Kier alpha value is -3.65. The molecule has 1 aliphatic heterocycles. The van der Waals surface area contributed by atoms with Crippen molar-refractivity contribution in [3.05, 3.63) is 65.4 Å². The van der Waals surface area contributed by atoms with Gasteiger partial charge in [-0.1, -0.05) is 18.7 Å². The van der Waals surface area contributed by atoms with Crippen LogP contribution >= 0.6 is 0 Å². The second-order valence-electron chi connectivity index (χ2n) is 7.59. The maximum absolute atomic E-state index is 13.4. The third kappa shape index (κ3) is 3.85. The summed E-state index contributed by atoms with van der Waals surface area (Å²) in [5.41, 5.74) is 4.54. The summed E-state index contributed by atoms with van der Waals surface area (Å²) in [5, 5.41) is 3.02. The van der Waals surface area contributed by atoms with Gasteiger partial charge >= 0.3 is 0 Å². The number of nitrogens with one attached hydrogen (secondary N) is 2. The highest BCUT2D eigenvalue weighted by Crippen LogP contribution is 2.32. The van der Waals surface area contributed by atoms with Crippen molar-refractivity contribution in [1.29, 1.82) is 0 Å². The van der Waals surface area contributed by atoms with Crippen molar-refractivity contribution in [3.63, 3.8) is 0 Å². The predicted octanol–water partition coefficient (Wildman–Crippen LogP) is 3.12. The van der Waals surface area contributed by atoms with E-state index in [-0.39, 0.29) is 11.5 Å². The maximum Gasteiger partial charge on any atom is 0.274 e. The smallest absolute Gasteiger partial charge is 0.274 e. The van der Waals surface area contributed by atoms with Gasteiger partial charge in [-0.15, -0.1) is 6.58 Å². The number of carbonyl (C=O) groups is 1. The Labute approximate surface area is 186 Å². The molecule has 0 aliphatic carbocycles. The number of aryl methyl sites for hydroxylation is 1. The molecular formula is C24H27N5O3. The normalized spacial score (nSPS) is 13.8. The summed E-state index contributed by atoms with van der Waals surface area (Å²) in [6.07, 6.45) is 7.52. The minimum Gasteiger partial charge on any atom is -0.383 e. The molecule has 1 amide bonds. The molecule has 8 heteroatoms. The van der Waals surface area contributed by atoms with Gasteiger partial charge in [0.2, 0.25) is 0 Å². The maximum atomic E-state index is 13.4. The first-order valence-corrected chi connectivity index (χ1v) is 10.6. The number of benzene rings is 1. The minimum absolute atomic E-state index is 0.0822. The largest absolute Gasteiger partial charge is 0.383 e. The zero-order chi connectivity index (χ0) is 22.7. The Morgan fingerprint density at radius 3 is 2.78 bits per heavy atom. The second kappa shape index (κ2) is 9.23. The number of hydrogen-bond donors (Lipinski definition) is 2. The molecule has 0 unspecified atom stereocenters. The van der Waals surface area contributed by atoms with Crippen molar-refractivity contribution >= 4 is 28.7 Å². The third-order valence-electron chi connectivity index (χ3n) is 5.71. The van der Waals surface area contributed by atoms with Crippen LogP contribution in [0.1, 0.15) is 22.3 Å². The lowest BCUT2D eigenvalue weighted by Gasteiger charge is -2.27. The number of morpholine rings is 1. The molecule has 1 fully saturated rings. The zero-order valence-electron chi connectivity index (χ0n) is 18.2. The highest BCUT2D eigenvalue weighted by Gasteiger charge is 2.23. The zero-order valence-corrected chi connectivity index (χ0v) is 18.2. The molecule has 0 bridgehead atoms. The average molecular weight is 434 g/mol. The third-order valence-corrected chi connectivity index (χ3v) is 5.71. The molecule has 0 atom stereocenters. The van der Waals surface area contributed by atoms with Crippen LogP contribution in [0.2, 0.25) is 0 Å². The number of aromatic nitrogens is 3. The fourth-order valence-corrected chi connectivity index (χ4v) is 4.06. The van der Waals surface area contributed by atoms with Crippen LogP contribution in [-0.2, 0) is 11.3 Å². The summed E-state index contributed by atoms with van der Waals surface area (Å²) in [4.78, 5) is 35.6. The van der Waals surface area contributed by atoms with E-state index >= 15 is 0 Å². The number of allylic oxidation sites excluding steroid dienone is 1. The van der Waals surface area contributed by atoms with Crippen LogP contribution in [0.15, 0.2) is 48.7 Å². The van der Waals surface area contributed by atoms with E-state index in [2.05, 4.69) is 28.4 Å². The number of carbonyl (C=O) groups excluding carboxylic acids is 1. The molecule has 32 heavy (non-hydrogen) atoms. The molecule has 2 N–H and O–H groups in total. The van der Waals surface area contributed by atoms with Crippen molar-refractivity contribution in [2.24, 2.45) is 0 Å². The van der Waals surface area contributed by atoms with Crippen LogP contribution in [0.3, 0.4) is 0 Å². The summed E-state index contributed by atoms with van der Waals surface area (Å²) in [6.45, 7) is 10.3. The van der Waals surface area contributed by atoms with Gasteiger partial charge in [0.05, 0.1) is 30.6 Å². The van der Waals surface area contributed by atoms with Crippen molar-refractivity contribution in [2.75, 3.05) is 38.7 Å². The quantitative estimate of drug-likeness (QED) is 0.559. The molecule has 1 aromatic carbocycles. The number of pyridine rings is 1. The van der Waals surface area contributed by atoms with E-state index in [4.69, 9.17) is 4.74 Å². The van der Waals surface area contributed by atoms with E-state index in [1.54, 1.807) is 35.0 Å². The van der Waals surface area contributed by atoms with Gasteiger partial charge in [-0.25, -0.2) is 4.98 Å². The number of ether oxygens (including phenoxy) is 1. The SMILES string of the molecule is C=CCCn1cc(-c2cc(C(=O)N3CCOCC3)c3nc[nH]c3c2)c(C=C)c(NC)c1=O. The molecule has 4 rings (SSSR count). The van der Waals surface area contributed by atoms with Crippen LogP contribution in [-0.4, -0.2) is 58.7 Å². The van der Waals surface area contributed by atoms with E-state index in [1.807, 2.05) is 18.3 Å². The summed E-state index contributed by atoms with van der Waals surface area (Å²) in [7, 11) is 1.72. The van der Waals surface area contributed by atoms with Gasteiger partial charge < -0.3 is 24.5 Å². The molecular weight excluding hydrogens is 406 g/mol. The van der Waals surface area contributed by atoms with Crippen LogP contribution < -0.4 is 10.9 Å². The van der Waals surface area contributed by atoms with E-state index in [1.165, 1.54) is 0 Å². The topological polar surface area (TPSA) is 92.2 Å². The van der Waals surface area contributed by atoms with Gasteiger partial charge in [0.1, 0.15) is 11.2 Å². The molecule has 3 aromatic rings. The Balaban J connectivity index is 1.91. The van der Waals surface area contributed by atoms with Crippen molar-refractivity contribution < 1.29 is 9.53 Å². The van der Waals surface area contributed by atoms with Crippen LogP contribution in [0.25, 0.3) is 28.2 Å². The lowest BCUT2D eigenvalue weighted by Crippen LogP contribution is -2.40. The molecule has 3 heterocycles. The Morgan fingerprint density at radius 2 is 2.09 bits per heavy atom. The van der Waals surface area contributed by atoms with Gasteiger partial charge in [-0.2, -0.15) is 0 Å². The number of H-pyrrole nitrogens is 1. The van der Waals surface area contributed by atoms with Crippen LogP contribution in [0, 0.1) is 0 Å². The van der Waals surface area contributed by atoms with Gasteiger partial charge in [-0.3, -0.25) is 9.59 Å². The van der Waals surface area contributed by atoms with E-state index in [0.29, 0.717) is 61.6 Å². The monoisotopic (exact) mass is 433 g/mol. The highest BCUT2D eigenvalue weighted by molar-refractivity contribution is 6.07. The minimum atomic E-state index is -0.125. The number of rotatable bonds is 7. The first-order valence-electron chi connectivity index (χ1n) is 10.6. The molecule has 8 nitrogen and oxygen atoms in total. The molecule has 2 aromatic heterocycles. The number of nitrogens with zero attached hydrogens (tertiary/aromatic N) is 3. The van der Waals surface area contributed by atoms with E-state index in [0.717, 1.165) is 16.6 Å². The van der Waals surface area contributed by atoms with Crippen LogP contribution in [0.4, 0.5) is 5.69 Å². The van der Waals surface area contributed by atoms with Gasteiger partial charge in [0.15, 0.2) is 0 Å².